The van der Waals surface area contributed by atoms with Gasteiger partial charge in [-0.05, 0) is 0 Å². The first-order valence-corrected chi connectivity index (χ1v) is 10.8. The monoisotopic (exact) mass is 432 g/mol. The van der Waals surface area contributed by atoms with Crippen LogP contribution in [0.25, 0.3) is 0 Å². The number of hydrogen-bond donors (Lipinski definition) is 0. The van der Waals surface area contributed by atoms with Gasteiger partial charge in [0, 0.05) is 0 Å². The minimum atomic E-state index is 0.374. The van der Waals surface area contributed by atoms with E-state index < -0.39 is 0 Å². The van der Waals surface area contributed by atoms with Crippen LogP contribution in [-0.2, 0) is 35.8 Å². The van der Waals surface area contributed by atoms with Gasteiger partial charge in [-0.25, -0.2) is 0 Å². The van der Waals surface area contributed by atoms with Gasteiger partial charge in [0.25, 0.3) is 20.4 Å². The second-order valence-electron chi connectivity index (χ2n) is 7.21. The Labute approximate surface area is 179 Å². The van der Waals surface area contributed by atoms with E-state index in [2.05, 4.69) is 72.1 Å². The van der Waals surface area contributed by atoms with Crippen molar-refractivity contribution in [3.05, 3.63) is 57.3 Å². The van der Waals surface area contributed by atoms with Crippen LogP contribution in [0, 0.1) is 11.8 Å². The maximum absolute atomic E-state index is 7.50. The van der Waals surface area contributed by atoms with Gasteiger partial charge >= 0.3 is 145 Å². The number of rotatable bonds is 2. The Balaban J connectivity index is 0.000000430. The Kier molecular flexibility index (Phi) is 8.36. The standard InChI is InChI=1S/C20H21S.3CO.Mn/c1-2-7-15-14(6-1)11-12-16(15)20(19-10-5-13-21-19)17-8-3-4-9-18(17)20;3*1-2;/h1-2,5,10-13,17-18H,3-4,6-9H2;;;;. The van der Waals surface area contributed by atoms with Crippen LogP contribution in [0.4, 0.5) is 0 Å². The fraction of sp³-hybridized carbons (Fsp3) is 0.435. The van der Waals surface area contributed by atoms with Crippen molar-refractivity contribution in [1.82, 2.24) is 0 Å². The summed E-state index contributed by atoms with van der Waals surface area (Å²) < 4.78 is 0. The molecular formula is C23H21MnO3S. The molecule has 3 nitrogen and oxygen atoms in total. The van der Waals surface area contributed by atoms with Crippen LogP contribution in [0.3, 0.4) is 0 Å². The zero-order valence-electron chi connectivity index (χ0n) is 15.4. The minimum absolute atomic E-state index is 0.374. The summed E-state index contributed by atoms with van der Waals surface area (Å²) in [6.45, 7) is 13.5. The third-order valence-electron chi connectivity index (χ3n) is 6.39. The van der Waals surface area contributed by atoms with Gasteiger partial charge in [-0.15, -0.1) is 0 Å². The summed E-state index contributed by atoms with van der Waals surface area (Å²) in [5.41, 5.74) is 5.39. The summed E-state index contributed by atoms with van der Waals surface area (Å²) >= 11 is 5.93. The van der Waals surface area contributed by atoms with Crippen molar-refractivity contribution < 1.29 is 30.4 Å². The van der Waals surface area contributed by atoms with Gasteiger partial charge in [-0.1, -0.05) is 0 Å². The van der Waals surface area contributed by atoms with Gasteiger partial charge in [-0.3, -0.25) is 14.4 Å². The van der Waals surface area contributed by atoms with E-state index in [9.17, 15) is 0 Å². The van der Waals surface area contributed by atoms with E-state index in [0.29, 0.717) is 10.2 Å². The van der Waals surface area contributed by atoms with Gasteiger partial charge < -0.3 is 0 Å². The first kappa shape index (κ1) is 22.7. The molecule has 0 aromatic carbocycles. The number of carbonyl (C=O) groups excluding carboxylic acids is 3. The molecule has 1 aromatic heterocycles. The number of allylic oxidation sites excluding steroid dienone is 6. The molecule has 0 aliphatic heterocycles. The Hall–Kier alpha value is -1.55. The van der Waals surface area contributed by atoms with Crippen LogP contribution in [0.5, 0.6) is 0 Å². The molecule has 0 N–H and O–H groups in total. The van der Waals surface area contributed by atoms with Crippen LogP contribution < -0.4 is 0 Å². The zero-order chi connectivity index (χ0) is 20.7. The van der Waals surface area contributed by atoms with Crippen LogP contribution in [0.2, 0.25) is 4.82 Å². The Morgan fingerprint density at radius 3 is 2.14 bits per heavy atom. The average molecular weight is 432 g/mol. The van der Waals surface area contributed by atoms with E-state index in [0.717, 1.165) is 24.7 Å². The number of hydrogen-bond acceptors (Lipinski definition) is 4. The third kappa shape index (κ3) is 3.56. The molecule has 6 radical (unpaired) electrons. The Bertz CT molecular complexity index is 733. The van der Waals surface area contributed by atoms with Gasteiger partial charge in [-0.2, -0.15) is 0 Å². The van der Waals surface area contributed by atoms with E-state index in [1.54, 1.807) is 21.6 Å². The summed E-state index contributed by atoms with van der Waals surface area (Å²) in [6, 6.07) is 4.66. The van der Waals surface area contributed by atoms with Crippen molar-refractivity contribution >= 4 is 31.7 Å². The summed E-state index contributed by atoms with van der Waals surface area (Å²) in [6.07, 6.45) is 15.3. The SMILES string of the molecule is [C]=O.[C]=O.[C]=O.[Mn][CH]1C=C(C2(c3cccs3)C3CCCCC32)C2=C1CC=CC2. The average Bonchev–Trinajstić information content (AvgIpc) is 3.09. The molecule has 28 heavy (non-hydrogen) atoms. The van der Waals surface area contributed by atoms with Crippen molar-refractivity contribution in [1.29, 1.82) is 0 Å². The maximum atomic E-state index is 7.50. The number of fused-ring (bicyclic) bond motifs is 1. The molecule has 4 aliphatic rings. The molecule has 2 saturated carbocycles. The summed E-state index contributed by atoms with van der Waals surface area (Å²) in [7, 11) is 0. The molecule has 4 aliphatic carbocycles. The predicted molar refractivity (Wildman–Crippen MR) is 106 cm³/mol. The molecule has 3 atom stereocenters. The van der Waals surface area contributed by atoms with Crippen molar-refractivity contribution in [2.24, 2.45) is 11.8 Å². The molecule has 2 fully saturated rings. The fourth-order valence-corrected chi connectivity index (χ4v) is 7.11. The van der Waals surface area contributed by atoms with Gasteiger partial charge in [0.2, 0.25) is 0 Å². The quantitative estimate of drug-likeness (QED) is 0.510. The van der Waals surface area contributed by atoms with Crippen LogP contribution in [0.15, 0.2) is 52.5 Å². The molecule has 5 heteroatoms. The summed E-state index contributed by atoms with van der Waals surface area (Å²) in [4.78, 5) is 24.6. The first-order valence-electron chi connectivity index (χ1n) is 9.22. The molecule has 144 valence electrons. The Morgan fingerprint density at radius 2 is 1.57 bits per heavy atom. The second-order valence-corrected chi connectivity index (χ2v) is 8.89. The molecule has 1 heterocycles. The molecule has 0 saturated heterocycles. The van der Waals surface area contributed by atoms with Crippen LogP contribution in [-0.4, -0.2) is 20.4 Å². The van der Waals surface area contributed by atoms with E-state index in [1.807, 2.05) is 11.3 Å². The van der Waals surface area contributed by atoms with E-state index >= 15 is 0 Å². The van der Waals surface area contributed by atoms with E-state index in [1.165, 1.54) is 25.7 Å². The zero-order valence-corrected chi connectivity index (χ0v) is 17.4. The molecule has 0 amide bonds. The van der Waals surface area contributed by atoms with E-state index in [-0.39, 0.29) is 0 Å². The predicted octanol–water partition coefficient (Wildman–Crippen LogP) is 4.54. The van der Waals surface area contributed by atoms with Crippen LogP contribution >= 0.6 is 11.3 Å². The number of thiophene rings is 1. The van der Waals surface area contributed by atoms with Crippen molar-refractivity contribution in [2.75, 3.05) is 0 Å². The normalized spacial score (nSPS) is 31.5. The van der Waals surface area contributed by atoms with Gasteiger partial charge in [0.1, 0.15) is 0 Å². The molecular weight excluding hydrogens is 411 g/mol. The summed E-state index contributed by atoms with van der Waals surface area (Å²) in [5.74, 6) is 1.81. The van der Waals surface area contributed by atoms with Crippen molar-refractivity contribution in [2.45, 2.75) is 48.8 Å². The first-order chi connectivity index (χ1) is 13.8. The van der Waals surface area contributed by atoms with E-state index in [4.69, 9.17) is 14.4 Å². The fourth-order valence-electron chi connectivity index (χ4n) is 5.50. The van der Waals surface area contributed by atoms with Crippen molar-refractivity contribution in [3.63, 3.8) is 0 Å². The molecule has 0 bridgehead atoms. The molecule has 1 aromatic rings. The van der Waals surface area contributed by atoms with Gasteiger partial charge in [0.05, 0.1) is 0 Å². The molecule has 0 spiro atoms. The molecule has 3 unspecified atom stereocenters. The topological polar surface area (TPSA) is 51.2 Å². The van der Waals surface area contributed by atoms with Crippen LogP contribution in [0.1, 0.15) is 43.4 Å². The van der Waals surface area contributed by atoms with Gasteiger partial charge in [0.15, 0.2) is 0 Å². The third-order valence-corrected chi connectivity index (χ3v) is 8.02. The van der Waals surface area contributed by atoms with Crippen molar-refractivity contribution in [3.8, 4) is 0 Å². The Morgan fingerprint density at radius 1 is 0.964 bits per heavy atom. The second kappa shape index (κ2) is 10.3. The molecule has 5 rings (SSSR count). The summed E-state index contributed by atoms with van der Waals surface area (Å²) in [5, 5.41) is 2.28.